The molecule has 0 aliphatic carbocycles. The molecule has 0 atom stereocenters. The summed E-state index contributed by atoms with van der Waals surface area (Å²) in [4.78, 5) is 22.5. The van der Waals surface area contributed by atoms with E-state index in [1.165, 1.54) is 4.57 Å². The zero-order valence-electron chi connectivity index (χ0n) is 8.80. The lowest BCUT2D eigenvalue weighted by Crippen LogP contribution is -2.18. The van der Waals surface area contributed by atoms with Crippen LogP contribution in [-0.4, -0.2) is 15.6 Å². The van der Waals surface area contributed by atoms with E-state index in [9.17, 15) is 9.59 Å². The molecule has 2 rings (SSSR count). The maximum atomic E-state index is 11.8. The molecule has 0 bridgehead atoms. The van der Waals surface area contributed by atoms with E-state index in [-0.39, 0.29) is 12.0 Å². The fraction of sp³-hybridized carbons (Fsp3) is 0.167. The Hall–Kier alpha value is -2.10. The molecule has 0 saturated carbocycles. The minimum Gasteiger partial charge on any atom is -0.481 e. The Morgan fingerprint density at radius 1 is 1.31 bits per heavy atom. The van der Waals surface area contributed by atoms with Crippen molar-refractivity contribution in [2.45, 2.75) is 6.42 Å². The second-order valence-corrected chi connectivity index (χ2v) is 3.69. The molecule has 4 nitrogen and oxygen atoms in total. The van der Waals surface area contributed by atoms with Gasteiger partial charge in [-0.25, -0.2) is 0 Å². The van der Waals surface area contributed by atoms with Gasteiger partial charge in [0, 0.05) is 18.6 Å². The van der Waals surface area contributed by atoms with Gasteiger partial charge in [-0.2, -0.15) is 0 Å². The Kier molecular flexibility index (Phi) is 2.48. The highest BCUT2D eigenvalue weighted by molar-refractivity contribution is 5.87. The number of carboxylic acid groups (broad SMARTS) is 1. The zero-order chi connectivity index (χ0) is 11.7. The van der Waals surface area contributed by atoms with Gasteiger partial charge in [-0.05, 0) is 17.0 Å². The first kappa shape index (κ1) is 10.4. The first-order chi connectivity index (χ1) is 7.59. The molecule has 0 fully saturated rings. The molecule has 1 aromatic carbocycles. The normalized spacial score (nSPS) is 10.6. The molecule has 0 unspecified atom stereocenters. The second kappa shape index (κ2) is 3.81. The van der Waals surface area contributed by atoms with E-state index in [1.54, 1.807) is 37.5 Å². The number of carbonyl (C=O) groups is 1. The molecule has 16 heavy (non-hydrogen) atoms. The van der Waals surface area contributed by atoms with Crippen LogP contribution in [0.4, 0.5) is 0 Å². The fourth-order valence-electron chi connectivity index (χ4n) is 1.81. The average Bonchev–Trinajstić information content (AvgIpc) is 2.25. The van der Waals surface area contributed by atoms with Crippen molar-refractivity contribution in [3.8, 4) is 0 Å². The molecule has 0 amide bonds. The molecule has 0 radical (unpaired) electrons. The van der Waals surface area contributed by atoms with E-state index >= 15 is 0 Å². The third kappa shape index (κ3) is 1.69. The van der Waals surface area contributed by atoms with Crippen molar-refractivity contribution in [2.24, 2.45) is 7.05 Å². The van der Waals surface area contributed by atoms with Crippen molar-refractivity contribution in [1.82, 2.24) is 4.57 Å². The summed E-state index contributed by atoms with van der Waals surface area (Å²) < 4.78 is 1.42. The van der Waals surface area contributed by atoms with Crippen molar-refractivity contribution in [3.63, 3.8) is 0 Å². The van der Waals surface area contributed by atoms with Gasteiger partial charge in [0.2, 0.25) is 0 Å². The number of carboxylic acids is 1. The van der Waals surface area contributed by atoms with Gasteiger partial charge in [0.15, 0.2) is 0 Å². The van der Waals surface area contributed by atoms with Crippen LogP contribution in [0.5, 0.6) is 0 Å². The zero-order valence-corrected chi connectivity index (χ0v) is 8.80. The van der Waals surface area contributed by atoms with Crippen molar-refractivity contribution in [2.75, 3.05) is 0 Å². The first-order valence-corrected chi connectivity index (χ1v) is 4.88. The van der Waals surface area contributed by atoms with E-state index in [1.807, 2.05) is 0 Å². The van der Waals surface area contributed by atoms with Crippen LogP contribution in [0.15, 0.2) is 35.3 Å². The molecular formula is C12H11NO3. The van der Waals surface area contributed by atoms with Gasteiger partial charge in [0.1, 0.15) is 0 Å². The smallest absolute Gasteiger partial charge is 0.307 e. The standard InChI is InChI=1S/C12H11NO3/c1-13-7-8(6-11(14)15)9-4-2-3-5-10(9)12(13)16/h2-5,7H,6H2,1H3,(H,14,15). The highest BCUT2D eigenvalue weighted by Gasteiger charge is 2.09. The molecule has 82 valence electrons. The number of pyridine rings is 1. The Bertz CT molecular complexity index is 613. The molecule has 2 aromatic rings. The number of hydrogen-bond donors (Lipinski definition) is 1. The lowest BCUT2D eigenvalue weighted by molar-refractivity contribution is -0.136. The van der Waals surface area contributed by atoms with Gasteiger partial charge in [0.05, 0.1) is 6.42 Å². The quantitative estimate of drug-likeness (QED) is 0.821. The molecule has 0 aliphatic rings. The molecule has 1 heterocycles. The number of aryl methyl sites for hydroxylation is 1. The molecule has 0 saturated heterocycles. The summed E-state index contributed by atoms with van der Waals surface area (Å²) >= 11 is 0. The van der Waals surface area contributed by atoms with Crippen molar-refractivity contribution in [3.05, 3.63) is 46.4 Å². The lowest BCUT2D eigenvalue weighted by Gasteiger charge is -2.06. The highest BCUT2D eigenvalue weighted by atomic mass is 16.4. The maximum Gasteiger partial charge on any atom is 0.307 e. The summed E-state index contributed by atoms with van der Waals surface area (Å²) in [6.45, 7) is 0. The summed E-state index contributed by atoms with van der Waals surface area (Å²) in [5.74, 6) is -0.899. The lowest BCUT2D eigenvalue weighted by atomic mass is 10.1. The Labute approximate surface area is 91.8 Å². The summed E-state index contributed by atoms with van der Waals surface area (Å²) in [5, 5.41) is 10.1. The summed E-state index contributed by atoms with van der Waals surface area (Å²) in [5.41, 5.74) is 0.551. The molecule has 4 heteroatoms. The van der Waals surface area contributed by atoms with Crippen LogP contribution < -0.4 is 5.56 Å². The molecular weight excluding hydrogens is 206 g/mol. The third-order valence-corrected chi connectivity index (χ3v) is 2.51. The number of nitrogens with zero attached hydrogens (tertiary/aromatic N) is 1. The summed E-state index contributed by atoms with van der Waals surface area (Å²) in [6.07, 6.45) is 1.51. The fourth-order valence-corrected chi connectivity index (χ4v) is 1.81. The topological polar surface area (TPSA) is 59.3 Å². The van der Waals surface area contributed by atoms with Crippen molar-refractivity contribution < 1.29 is 9.90 Å². The Morgan fingerprint density at radius 3 is 2.56 bits per heavy atom. The second-order valence-electron chi connectivity index (χ2n) is 3.69. The maximum absolute atomic E-state index is 11.8. The van der Waals surface area contributed by atoms with Gasteiger partial charge in [-0.15, -0.1) is 0 Å². The van der Waals surface area contributed by atoms with E-state index < -0.39 is 5.97 Å². The van der Waals surface area contributed by atoms with Crippen molar-refractivity contribution in [1.29, 1.82) is 0 Å². The van der Waals surface area contributed by atoms with Crippen LogP contribution in [0, 0.1) is 0 Å². The van der Waals surface area contributed by atoms with Crippen LogP contribution in [-0.2, 0) is 18.3 Å². The van der Waals surface area contributed by atoms with Gasteiger partial charge in [-0.3, -0.25) is 9.59 Å². The number of hydrogen-bond acceptors (Lipinski definition) is 2. The van der Waals surface area contributed by atoms with Crippen LogP contribution in [0.1, 0.15) is 5.56 Å². The van der Waals surface area contributed by atoms with Crippen LogP contribution in [0.3, 0.4) is 0 Å². The van der Waals surface area contributed by atoms with E-state index in [0.717, 1.165) is 0 Å². The molecule has 0 aliphatic heterocycles. The Balaban J connectivity index is 2.79. The molecule has 1 N–H and O–H groups in total. The number of aromatic nitrogens is 1. The molecule has 1 aromatic heterocycles. The van der Waals surface area contributed by atoms with Gasteiger partial charge >= 0.3 is 5.97 Å². The van der Waals surface area contributed by atoms with Gasteiger partial charge in [-0.1, -0.05) is 18.2 Å². The minimum atomic E-state index is -0.899. The Morgan fingerprint density at radius 2 is 1.94 bits per heavy atom. The van der Waals surface area contributed by atoms with Gasteiger partial charge < -0.3 is 9.67 Å². The third-order valence-electron chi connectivity index (χ3n) is 2.51. The van der Waals surface area contributed by atoms with Gasteiger partial charge in [0.25, 0.3) is 5.56 Å². The van der Waals surface area contributed by atoms with Crippen molar-refractivity contribution >= 4 is 16.7 Å². The van der Waals surface area contributed by atoms with E-state index in [0.29, 0.717) is 16.3 Å². The van der Waals surface area contributed by atoms with Crippen LogP contribution in [0.25, 0.3) is 10.8 Å². The predicted molar refractivity (Wildman–Crippen MR) is 60.5 cm³/mol. The minimum absolute atomic E-state index is 0.0748. The number of benzene rings is 1. The number of fused-ring (bicyclic) bond motifs is 1. The number of aliphatic carboxylic acids is 1. The SMILES string of the molecule is Cn1cc(CC(=O)O)c2ccccc2c1=O. The van der Waals surface area contributed by atoms with E-state index in [2.05, 4.69) is 0 Å². The average molecular weight is 217 g/mol. The van der Waals surface area contributed by atoms with Crippen LogP contribution >= 0.6 is 0 Å². The monoisotopic (exact) mass is 217 g/mol. The van der Waals surface area contributed by atoms with E-state index in [4.69, 9.17) is 5.11 Å². The predicted octanol–water partition coefficient (Wildman–Crippen LogP) is 1.17. The number of rotatable bonds is 2. The summed E-state index contributed by atoms with van der Waals surface area (Å²) in [6, 6.07) is 7.05. The molecule has 0 spiro atoms. The largest absolute Gasteiger partial charge is 0.481 e. The first-order valence-electron chi connectivity index (χ1n) is 4.88. The summed E-state index contributed by atoms with van der Waals surface area (Å²) in [7, 11) is 1.63. The van der Waals surface area contributed by atoms with Crippen LogP contribution in [0.2, 0.25) is 0 Å². The highest BCUT2D eigenvalue weighted by Crippen LogP contribution is 2.15.